The standard InChI is InChI=1S/C16H17F2N/c1-12(10-13-2-6-15(17)7-3-13)19-11-14-4-8-16(18)9-5-14/h2-9,12,19H,10-11H2,1H3. The zero-order valence-electron chi connectivity index (χ0n) is 10.9. The molecule has 1 N–H and O–H groups in total. The Morgan fingerprint density at radius 1 is 0.842 bits per heavy atom. The van der Waals surface area contributed by atoms with E-state index in [0.29, 0.717) is 6.54 Å². The number of halogens is 2. The van der Waals surface area contributed by atoms with Crippen LogP contribution in [0.15, 0.2) is 48.5 Å². The van der Waals surface area contributed by atoms with Crippen LogP contribution in [-0.2, 0) is 13.0 Å². The molecule has 0 aromatic heterocycles. The second-order valence-electron chi connectivity index (χ2n) is 4.74. The molecule has 0 fully saturated rings. The molecule has 2 aromatic rings. The lowest BCUT2D eigenvalue weighted by molar-refractivity contribution is 0.543. The van der Waals surface area contributed by atoms with Crippen molar-refractivity contribution in [3.63, 3.8) is 0 Å². The molecular formula is C16H17F2N. The van der Waals surface area contributed by atoms with E-state index in [1.165, 1.54) is 24.3 Å². The molecular weight excluding hydrogens is 244 g/mol. The van der Waals surface area contributed by atoms with Crippen molar-refractivity contribution in [2.45, 2.75) is 25.9 Å². The monoisotopic (exact) mass is 261 g/mol. The van der Waals surface area contributed by atoms with E-state index >= 15 is 0 Å². The zero-order chi connectivity index (χ0) is 13.7. The van der Waals surface area contributed by atoms with Crippen LogP contribution in [-0.4, -0.2) is 6.04 Å². The van der Waals surface area contributed by atoms with Crippen LogP contribution in [0.2, 0.25) is 0 Å². The molecule has 2 rings (SSSR count). The Labute approximate surface area is 112 Å². The summed E-state index contributed by atoms with van der Waals surface area (Å²) in [4.78, 5) is 0. The molecule has 3 heteroatoms. The van der Waals surface area contributed by atoms with Crippen LogP contribution in [0.3, 0.4) is 0 Å². The summed E-state index contributed by atoms with van der Waals surface area (Å²) in [5, 5.41) is 3.37. The van der Waals surface area contributed by atoms with E-state index in [0.717, 1.165) is 17.5 Å². The van der Waals surface area contributed by atoms with Crippen molar-refractivity contribution in [3.05, 3.63) is 71.3 Å². The number of hydrogen-bond donors (Lipinski definition) is 1. The smallest absolute Gasteiger partial charge is 0.123 e. The van der Waals surface area contributed by atoms with E-state index in [4.69, 9.17) is 0 Å². The van der Waals surface area contributed by atoms with Gasteiger partial charge < -0.3 is 5.32 Å². The summed E-state index contributed by atoms with van der Waals surface area (Å²) in [7, 11) is 0. The van der Waals surface area contributed by atoms with Crippen LogP contribution in [0.5, 0.6) is 0 Å². The fourth-order valence-electron chi connectivity index (χ4n) is 1.94. The summed E-state index contributed by atoms with van der Waals surface area (Å²) < 4.78 is 25.5. The topological polar surface area (TPSA) is 12.0 Å². The van der Waals surface area contributed by atoms with Crippen LogP contribution in [0, 0.1) is 11.6 Å². The van der Waals surface area contributed by atoms with Crippen LogP contribution in [0.25, 0.3) is 0 Å². The van der Waals surface area contributed by atoms with Gasteiger partial charge in [0.25, 0.3) is 0 Å². The molecule has 0 saturated carbocycles. The summed E-state index contributed by atoms with van der Waals surface area (Å²) in [6.45, 7) is 2.77. The van der Waals surface area contributed by atoms with Gasteiger partial charge in [0.05, 0.1) is 0 Å². The number of rotatable bonds is 5. The third-order valence-electron chi connectivity index (χ3n) is 3.02. The van der Waals surface area contributed by atoms with Gasteiger partial charge in [-0.15, -0.1) is 0 Å². The highest BCUT2D eigenvalue weighted by Gasteiger charge is 2.03. The van der Waals surface area contributed by atoms with Crippen molar-refractivity contribution in [1.29, 1.82) is 0 Å². The minimum Gasteiger partial charge on any atom is -0.310 e. The maximum Gasteiger partial charge on any atom is 0.123 e. The first-order chi connectivity index (χ1) is 9.13. The Hall–Kier alpha value is -1.74. The van der Waals surface area contributed by atoms with E-state index in [-0.39, 0.29) is 17.7 Å². The first kappa shape index (κ1) is 13.7. The minimum atomic E-state index is -0.219. The van der Waals surface area contributed by atoms with Crippen molar-refractivity contribution >= 4 is 0 Å². The molecule has 0 heterocycles. The third-order valence-corrected chi connectivity index (χ3v) is 3.02. The van der Waals surface area contributed by atoms with Crippen LogP contribution >= 0.6 is 0 Å². The molecule has 1 unspecified atom stereocenters. The molecule has 0 radical (unpaired) electrons. The average Bonchev–Trinajstić information content (AvgIpc) is 2.41. The maximum atomic E-state index is 12.8. The SMILES string of the molecule is CC(Cc1ccc(F)cc1)NCc1ccc(F)cc1. The first-order valence-electron chi connectivity index (χ1n) is 6.36. The quantitative estimate of drug-likeness (QED) is 0.865. The highest BCUT2D eigenvalue weighted by molar-refractivity contribution is 5.18. The van der Waals surface area contributed by atoms with Crippen LogP contribution in [0.1, 0.15) is 18.1 Å². The highest BCUT2D eigenvalue weighted by atomic mass is 19.1. The Morgan fingerprint density at radius 2 is 1.32 bits per heavy atom. The Morgan fingerprint density at radius 3 is 1.84 bits per heavy atom. The van der Waals surface area contributed by atoms with Gasteiger partial charge in [-0.05, 0) is 48.7 Å². The van der Waals surface area contributed by atoms with Crippen LogP contribution < -0.4 is 5.32 Å². The number of benzene rings is 2. The predicted molar refractivity (Wildman–Crippen MR) is 72.8 cm³/mol. The normalized spacial score (nSPS) is 12.4. The Bertz CT molecular complexity index is 505. The van der Waals surface area contributed by atoms with E-state index in [9.17, 15) is 8.78 Å². The largest absolute Gasteiger partial charge is 0.310 e. The molecule has 0 bridgehead atoms. The molecule has 2 aromatic carbocycles. The molecule has 0 aliphatic carbocycles. The molecule has 0 spiro atoms. The highest BCUT2D eigenvalue weighted by Crippen LogP contribution is 2.07. The van der Waals surface area contributed by atoms with E-state index in [1.54, 1.807) is 24.3 Å². The van der Waals surface area contributed by atoms with Gasteiger partial charge >= 0.3 is 0 Å². The van der Waals surface area contributed by atoms with Crippen molar-refractivity contribution in [2.24, 2.45) is 0 Å². The average molecular weight is 261 g/mol. The Kier molecular flexibility index (Phi) is 4.63. The summed E-state index contributed by atoms with van der Waals surface area (Å²) >= 11 is 0. The summed E-state index contributed by atoms with van der Waals surface area (Å²) in [5.74, 6) is -0.432. The van der Waals surface area contributed by atoms with Gasteiger partial charge in [-0.2, -0.15) is 0 Å². The van der Waals surface area contributed by atoms with Crippen molar-refractivity contribution in [3.8, 4) is 0 Å². The van der Waals surface area contributed by atoms with Crippen molar-refractivity contribution in [1.82, 2.24) is 5.32 Å². The minimum absolute atomic E-state index is 0.212. The Balaban J connectivity index is 1.82. The maximum absolute atomic E-state index is 12.8. The molecule has 1 atom stereocenters. The van der Waals surface area contributed by atoms with Gasteiger partial charge in [0.2, 0.25) is 0 Å². The fourth-order valence-corrected chi connectivity index (χ4v) is 1.94. The fraction of sp³-hybridized carbons (Fsp3) is 0.250. The molecule has 0 aliphatic heterocycles. The molecule has 0 aliphatic rings. The molecule has 0 saturated heterocycles. The zero-order valence-corrected chi connectivity index (χ0v) is 10.9. The summed E-state index contributed by atoms with van der Waals surface area (Å²) in [6.07, 6.45) is 0.835. The van der Waals surface area contributed by atoms with Gasteiger partial charge in [0.1, 0.15) is 11.6 Å². The van der Waals surface area contributed by atoms with Gasteiger partial charge in [0.15, 0.2) is 0 Å². The predicted octanol–water partition coefficient (Wildman–Crippen LogP) is 3.69. The second-order valence-corrected chi connectivity index (χ2v) is 4.74. The molecule has 100 valence electrons. The molecule has 1 nitrogen and oxygen atoms in total. The van der Waals surface area contributed by atoms with E-state index in [1.807, 2.05) is 0 Å². The van der Waals surface area contributed by atoms with Gasteiger partial charge in [-0.3, -0.25) is 0 Å². The van der Waals surface area contributed by atoms with Gasteiger partial charge in [0, 0.05) is 12.6 Å². The first-order valence-corrected chi connectivity index (χ1v) is 6.36. The lowest BCUT2D eigenvalue weighted by Gasteiger charge is -2.14. The van der Waals surface area contributed by atoms with Gasteiger partial charge in [-0.25, -0.2) is 8.78 Å². The summed E-state index contributed by atoms with van der Waals surface area (Å²) in [5.41, 5.74) is 2.15. The summed E-state index contributed by atoms with van der Waals surface area (Å²) in [6, 6.07) is 13.3. The van der Waals surface area contributed by atoms with E-state index < -0.39 is 0 Å². The molecule has 0 amide bonds. The molecule has 19 heavy (non-hydrogen) atoms. The number of nitrogens with one attached hydrogen (secondary N) is 1. The van der Waals surface area contributed by atoms with Gasteiger partial charge in [-0.1, -0.05) is 24.3 Å². The number of hydrogen-bond acceptors (Lipinski definition) is 1. The lowest BCUT2D eigenvalue weighted by Crippen LogP contribution is -2.27. The van der Waals surface area contributed by atoms with E-state index in [2.05, 4.69) is 12.2 Å². The third kappa shape index (κ3) is 4.45. The lowest BCUT2D eigenvalue weighted by atomic mass is 10.1. The van der Waals surface area contributed by atoms with Crippen molar-refractivity contribution in [2.75, 3.05) is 0 Å². The second kappa shape index (κ2) is 6.43. The van der Waals surface area contributed by atoms with Crippen LogP contribution in [0.4, 0.5) is 8.78 Å². The van der Waals surface area contributed by atoms with Crippen molar-refractivity contribution < 1.29 is 8.78 Å².